The van der Waals surface area contributed by atoms with E-state index in [0.29, 0.717) is 28.6 Å². The summed E-state index contributed by atoms with van der Waals surface area (Å²) in [5.74, 6) is 0.283. The van der Waals surface area contributed by atoms with Crippen LogP contribution in [0.2, 0.25) is 0 Å². The smallest absolute Gasteiger partial charge is 0.412 e. The Morgan fingerprint density at radius 1 is 1.20 bits per heavy atom. The average molecular weight is 410 g/mol. The quantitative estimate of drug-likeness (QED) is 0.638. The molecule has 0 fully saturated rings. The van der Waals surface area contributed by atoms with Crippen molar-refractivity contribution in [2.24, 2.45) is 5.73 Å². The van der Waals surface area contributed by atoms with Crippen LogP contribution in [0.5, 0.6) is 11.6 Å². The molecule has 2 heterocycles. The van der Waals surface area contributed by atoms with Gasteiger partial charge in [0.1, 0.15) is 24.2 Å². The van der Waals surface area contributed by atoms with Crippen molar-refractivity contribution in [1.29, 1.82) is 0 Å². The zero-order valence-electron chi connectivity index (χ0n) is 16.8. The number of ether oxygens (including phenoxy) is 2. The van der Waals surface area contributed by atoms with Gasteiger partial charge in [-0.25, -0.2) is 14.8 Å². The number of amides is 2. The Morgan fingerprint density at radius 3 is 2.73 bits per heavy atom. The first-order valence-electron chi connectivity index (χ1n) is 9.09. The van der Waals surface area contributed by atoms with Crippen molar-refractivity contribution in [3.05, 3.63) is 49.1 Å². The van der Waals surface area contributed by atoms with Crippen LogP contribution in [0.15, 0.2) is 49.1 Å². The van der Waals surface area contributed by atoms with E-state index in [1.165, 1.54) is 11.0 Å². The number of nitrogens with one attached hydrogen (secondary N) is 1. The molecule has 0 radical (unpaired) electrons. The van der Waals surface area contributed by atoms with E-state index in [9.17, 15) is 9.59 Å². The highest BCUT2D eigenvalue weighted by atomic mass is 16.6. The van der Waals surface area contributed by atoms with Gasteiger partial charge >= 0.3 is 6.09 Å². The molecule has 10 heteroatoms. The van der Waals surface area contributed by atoms with E-state index in [2.05, 4.69) is 20.4 Å². The van der Waals surface area contributed by atoms with Crippen molar-refractivity contribution in [3.63, 3.8) is 0 Å². The van der Waals surface area contributed by atoms with Crippen LogP contribution in [-0.4, -0.2) is 37.3 Å². The number of anilines is 1. The monoisotopic (exact) mass is 410 g/mol. The molecule has 3 aromatic rings. The topological polar surface area (TPSA) is 134 Å². The number of benzene rings is 1. The lowest BCUT2D eigenvalue weighted by atomic mass is 10.2. The van der Waals surface area contributed by atoms with Gasteiger partial charge in [0.05, 0.1) is 11.9 Å². The fourth-order valence-electron chi connectivity index (χ4n) is 2.47. The Kier molecular flexibility index (Phi) is 5.95. The molecule has 0 saturated heterocycles. The maximum Gasteiger partial charge on any atom is 0.412 e. The summed E-state index contributed by atoms with van der Waals surface area (Å²) in [5.41, 5.74) is 6.35. The van der Waals surface area contributed by atoms with Gasteiger partial charge < -0.3 is 15.2 Å². The fraction of sp³-hybridized carbons (Fsp3) is 0.250. The Labute approximate surface area is 173 Å². The lowest BCUT2D eigenvalue weighted by molar-refractivity contribution is -0.118. The first-order valence-corrected chi connectivity index (χ1v) is 9.09. The van der Waals surface area contributed by atoms with Gasteiger partial charge in [0.25, 0.3) is 0 Å². The third kappa shape index (κ3) is 6.03. The maximum absolute atomic E-state index is 11.9. The van der Waals surface area contributed by atoms with Crippen LogP contribution >= 0.6 is 0 Å². The largest absolute Gasteiger partial charge is 0.444 e. The molecule has 0 atom stereocenters. The number of nitrogens with two attached hydrogens (primary N) is 1. The van der Waals surface area contributed by atoms with Gasteiger partial charge in [-0.15, -0.1) is 0 Å². The number of carbonyl (C=O) groups excluding carboxylic acids is 2. The number of hydrogen-bond donors (Lipinski definition) is 2. The second-order valence-electron chi connectivity index (χ2n) is 7.39. The highest BCUT2D eigenvalue weighted by Gasteiger charge is 2.16. The molecule has 2 amide bonds. The van der Waals surface area contributed by atoms with Gasteiger partial charge in [0, 0.05) is 29.6 Å². The predicted molar refractivity (Wildman–Crippen MR) is 109 cm³/mol. The van der Waals surface area contributed by atoms with Crippen LogP contribution < -0.4 is 15.8 Å². The van der Waals surface area contributed by atoms with Crippen LogP contribution in [0.25, 0.3) is 11.3 Å². The van der Waals surface area contributed by atoms with Gasteiger partial charge in [-0.3, -0.25) is 14.8 Å². The molecule has 2 aromatic heterocycles. The number of nitrogens with zero attached hydrogens (tertiary/aromatic N) is 4. The summed E-state index contributed by atoms with van der Waals surface area (Å²) in [6, 6.07) is 8.47. The summed E-state index contributed by atoms with van der Waals surface area (Å²) >= 11 is 0. The maximum atomic E-state index is 11.9. The number of rotatable bonds is 6. The van der Waals surface area contributed by atoms with Crippen LogP contribution in [0, 0.1) is 0 Å². The minimum absolute atomic E-state index is 0.0219. The first-order chi connectivity index (χ1) is 14.2. The van der Waals surface area contributed by atoms with Crippen LogP contribution in [0.4, 0.5) is 10.5 Å². The van der Waals surface area contributed by atoms with Crippen molar-refractivity contribution in [2.45, 2.75) is 32.9 Å². The number of hydrogen-bond acceptors (Lipinski definition) is 7. The fourth-order valence-corrected chi connectivity index (χ4v) is 2.47. The standard InChI is InChI=1S/C20H22N6O4/c1-20(2,3)30-19(28)25-14-5-4-6-15(7-14)29-18-8-16(22-12-23-18)13-9-24-26(10-13)11-17(21)27/h4-10,12H,11H2,1-3H3,(H2,21,27)(H,25,28). The zero-order chi connectivity index (χ0) is 21.7. The van der Waals surface area contributed by atoms with E-state index < -0.39 is 17.6 Å². The molecular weight excluding hydrogens is 388 g/mol. The van der Waals surface area contributed by atoms with Crippen LogP contribution in [0.1, 0.15) is 20.8 Å². The molecule has 156 valence electrons. The van der Waals surface area contributed by atoms with Gasteiger partial charge in [0.2, 0.25) is 11.8 Å². The van der Waals surface area contributed by atoms with Crippen LogP contribution in [0.3, 0.4) is 0 Å². The molecule has 0 unspecified atom stereocenters. The Hall–Kier alpha value is -3.95. The molecule has 3 N–H and O–H groups in total. The minimum Gasteiger partial charge on any atom is -0.444 e. The van der Waals surface area contributed by atoms with Crippen molar-refractivity contribution >= 4 is 17.7 Å². The van der Waals surface area contributed by atoms with Gasteiger partial charge in [0.15, 0.2) is 0 Å². The Morgan fingerprint density at radius 2 is 2.00 bits per heavy atom. The second kappa shape index (κ2) is 8.60. The Balaban J connectivity index is 1.71. The first kappa shape index (κ1) is 20.8. The predicted octanol–water partition coefficient (Wildman–Crippen LogP) is 2.96. The van der Waals surface area contributed by atoms with Crippen LogP contribution in [-0.2, 0) is 16.1 Å². The lowest BCUT2D eigenvalue weighted by Gasteiger charge is -2.19. The molecular formula is C20H22N6O4. The molecule has 0 saturated carbocycles. The van der Waals surface area contributed by atoms with Gasteiger partial charge in [-0.2, -0.15) is 5.10 Å². The summed E-state index contributed by atoms with van der Waals surface area (Å²) in [7, 11) is 0. The van der Waals surface area contributed by atoms with E-state index in [1.54, 1.807) is 63.5 Å². The Bertz CT molecular complexity index is 1060. The van der Waals surface area contributed by atoms with Crippen molar-refractivity contribution in [3.8, 4) is 22.9 Å². The van der Waals surface area contributed by atoms with E-state index >= 15 is 0 Å². The van der Waals surface area contributed by atoms with Crippen molar-refractivity contribution in [1.82, 2.24) is 19.7 Å². The number of aromatic nitrogens is 4. The highest BCUT2D eigenvalue weighted by molar-refractivity contribution is 5.85. The van der Waals surface area contributed by atoms with E-state index in [0.717, 1.165) is 0 Å². The zero-order valence-corrected chi connectivity index (χ0v) is 16.8. The normalized spacial score (nSPS) is 11.0. The third-order valence-electron chi connectivity index (χ3n) is 3.59. The van der Waals surface area contributed by atoms with Crippen molar-refractivity contribution in [2.75, 3.05) is 5.32 Å². The molecule has 1 aromatic carbocycles. The SMILES string of the molecule is CC(C)(C)OC(=O)Nc1cccc(Oc2cc(-c3cnn(CC(N)=O)c3)ncn2)c1. The molecule has 3 rings (SSSR count). The summed E-state index contributed by atoms with van der Waals surface area (Å²) in [4.78, 5) is 31.3. The minimum atomic E-state index is -0.596. The van der Waals surface area contributed by atoms with E-state index in [1.807, 2.05) is 0 Å². The van der Waals surface area contributed by atoms with Gasteiger partial charge in [-0.05, 0) is 32.9 Å². The molecule has 30 heavy (non-hydrogen) atoms. The average Bonchev–Trinajstić information content (AvgIpc) is 3.08. The van der Waals surface area contributed by atoms with E-state index in [4.69, 9.17) is 15.2 Å². The molecule has 0 aliphatic heterocycles. The summed E-state index contributed by atoms with van der Waals surface area (Å²) in [6.07, 6.45) is 4.03. The molecule has 0 bridgehead atoms. The summed E-state index contributed by atoms with van der Waals surface area (Å²) in [5, 5.41) is 6.73. The molecule has 0 spiro atoms. The van der Waals surface area contributed by atoms with Crippen molar-refractivity contribution < 1.29 is 19.1 Å². The van der Waals surface area contributed by atoms with Gasteiger partial charge in [-0.1, -0.05) is 6.07 Å². The molecule has 10 nitrogen and oxygen atoms in total. The summed E-state index contributed by atoms with van der Waals surface area (Å²) < 4.78 is 12.5. The lowest BCUT2D eigenvalue weighted by Crippen LogP contribution is -2.27. The number of carbonyl (C=O) groups is 2. The molecule has 0 aliphatic rings. The number of primary amides is 1. The summed E-state index contributed by atoms with van der Waals surface area (Å²) in [6.45, 7) is 5.34. The highest BCUT2D eigenvalue weighted by Crippen LogP contribution is 2.25. The van der Waals surface area contributed by atoms with E-state index in [-0.39, 0.29) is 6.54 Å². The third-order valence-corrected chi connectivity index (χ3v) is 3.59. The molecule has 0 aliphatic carbocycles. The second-order valence-corrected chi connectivity index (χ2v) is 7.39.